The van der Waals surface area contributed by atoms with Gasteiger partial charge in [0.15, 0.2) is 6.10 Å². The van der Waals surface area contributed by atoms with E-state index in [4.69, 9.17) is 4.74 Å². The summed E-state index contributed by atoms with van der Waals surface area (Å²) in [6.45, 7) is 0. The first-order valence-corrected chi connectivity index (χ1v) is 7.95. The van der Waals surface area contributed by atoms with Crippen LogP contribution in [0.15, 0.2) is 91.0 Å². The lowest BCUT2D eigenvalue weighted by molar-refractivity contribution is -0.137. The third kappa shape index (κ3) is 2.52. The molecule has 1 atom stereocenters. The summed E-state index contributed by atoms with van der Waals surface area (Å²) in [5, 5.41) is 0. The third-order valence-electron chi connectivity index (χ3n) is 4.21. The van der Waals surface area contributed by atoms with E-state index in [2.05, 4.69) is 0 Å². The Morgan fingerprint density at radius 3 is 1.71 bits per heavy atom. The highest BCUT2D eigenvalue weighted by Gasteiger charge is 2.36. The average molecular weight is 312 g/mol. The van der Waals surface area contributed by atoms with Crippen molar-refractivity contribution in [2.75, 3.05) is 0 Å². The summed E-state index contributed by atoms with van der Waals surface area (Å²) >= 11 is 0. The standard InChI is InChI=1S/C22H16O2/c23-22-20(17-12-6-2-7-13-17)19(16-10-4-1-5-11-16)21(24-22)18-14-8-3-9-15-18/h1-15,21H/t21-/m0/s1. The van der Waals surface area contributed by atoms with E-state index in [1.165, 1.54) is 0 Å². The number of hydrogen-bond donors (Lipinski definition) is 0. The summed E-state index contributed by atoms with van der Waals surface area (Å²) in [6, 6.07) is 29.6. The van der Waals surface area contributed by atoms with Crippen LogP contribution in [-0.4, -0.2) is 5.97 Å². The van der Waals surface area contributed by atoms with Crippen molar-refractivity contribution in [3.63, 3.8) is 0 Å². The molecule has 2 nitrogen and oxygen atoms in total. The molecule has 0 saturated heterocycles. The van der Waals surface area contributed by atoms with E-state index in [0.29, 0.717) is 5.57 Å². The van der Waals surface area contributed by atoms with Crippen LogP contribution in [0.25, 0.3) is 11.1 Å². The van der Waals surface area contributed by atoms with E-state index in [1.807, 2.05) is 91.0 Å². The molecule has 2 heteroatoms. The number of rotatable bonds is 3. The molecule has 116 valence electrons. The number of benzene rings is 3. The maximum Gasteiger partial charge on any atom is 0.340 e. The predicted molar refractivity (Wildman–Crippen MR) is 95.0 cm³/mol. The molecule has 0 amide bonds. The molecule has 1 aliphatic heterocycles. The minimum absolute atomic E-state index is 0.270. The molecule has 3 aromatic carbocycles. The maximum absolute atomic E-state index is 12.7. The third-order valence-corrected chi connectivity index (χ3v) is 4.21. The van der Waals surface area contributed by atoms with E-state index in [0.717, 1.165) is 22.3 Å². The van der Waals surface area contributed by atoms with Gasteiger partial charge in [-0.25, -0.2) is 4.79 Å². The van der Waals surface area contributed by atoms with Crippen LogP contribution in [0, 0.1) is 0 Å². The normalized spacial score (nSPS) is 17.0. The number of carbonyl (C=O) groups is 1. The van der Waals surface area contributed by atoms with E-state index in [-0.39, 0.29) is 12.1 Å². The van der Waals surface area contributed by atoms with Crippen molar-refractivity contribution in [3.8, 4) is 0 Å². The van der Waals surface area contributed by atoms with Crippen molar-refractivity contribution in [1.29, 1.82) is 0 Å². The summed E-state index contributed by atoms with van der Waals surface area (Å²) in [7, 11) is 0. The van der Waals surface area contributed by atoms with Crippen LogP contribution >= 0.6 is 0 Å². The summed E-state index contributed by atoms with van der Waals surface area (Å²) in [6.07, 6.45) is -0.378. The fraction of sp³-hybridized carbons (Fsp3) is 0.0455. The number of ether oxygens (including phenoxy) is 1. The molecule has 0 fully saturated rings. The smallest absolute Gasteiger partial charge is 0.340 e. The second kappa shape index (κ2) is 6.17. The summed E-state index contributed by atoms with van der Waals surface area (Å²) < 4.78 is 5.77. The van der Waals surface area contributed by atoms with Crippen LogP contribution in [0.3, 0.4) is 0 Å². The highest BCUT2D eigenvalue weighted by Crippen LogP contribution is 2.45. The summed E-state index contributed by atoms with van der Waals surface area (Å²) in [5.74, 6) is -0.270. The molecule has 1 aliphatic rings. The number of hydrogen-bond acceptors (Lipinski definition) is 2. The molecule has 0 bridgehead atoms. The Hall–Kier alpha value is -3.13. The first-order valence-electron chi connectivity index (χ1n) is 7.95. The lowest BCUT2D eigenvalue weighted by Gasteiger charge is -2.15. The Bertz CT molecular complexity index is 881. The molecule has 0 saturated carbocycles. The van der Waals surface area contributed by atoms with Gasteiger partial charge in [0.25, 0.3) is 0 Å². The van der Waals surface area contributed by atoms with Crippen molar-refractivity contribution in [3.05, 3.63) is 108 Å². The summed E-state index contributed by atoms with van der Waals surface area (Å²) in [4.78, 5) is 12.7. The largest absolute Gasteiger partial charge is 0.449 e. The fourth-order valence-electron chi connectivity index (χ4n) is 3.12. The van der Waals surface area contributed by atoms with Crippen molar-refractivity contribution in [1.82, 2.24) is 0 Å². The van der Waals surface area contributed by atoms with Gasteiger partial charge in [-0.15, -0.1) is 0 Å². The highest BCUT2D eigenvalue weighted by molar-refractivity contribution is 6.28. The molecule has 0 unspecified atom stereocenters. The van der Waals surface area contributed by atoms with Gasteiger partial charge < -0.3 is 4.74 Å². The maximum atomic E-state index is 12.7. The molecule has 1 heterocycles. The lowest BCUT2D eigenvalue weighted by Crippen LogP contribution is -2.03. The lowest BCUT2D eigenvalue weighted by atomic mass is 9.90. The van der Waals surface area contributed by atoms with E-state index >= 15 is 0 Å². The van der Waals surface area contributed by atoms with E-state index in [1.54, 1.807) is 0 Å². The van der Waals surface area contributed by atoms with Crippen LogP contribution in [-0.2, 0) is 9.53 Å². The van der Waals surface area contributed by atoms with Crippen LogP contribution in [0.5, 0.6) is 0 Å². The van der Waals surface area contributed by atoms with Crippen molar-refractivity contribution < 1.29 is 9.53 Å². The fourth-order valence-corrected chi connectivity index (χ4v) is 3.12. The average Bonchev–Trinajstić information content (AvgIpc) is 3.01. The Balaban J connectivity index is 1.95. The molecular formula is C22H16O2. The van der Waals surface area contributed by atoms with Crippen LogP contribution in [0.1, 0.15) is 22.8 Å². The molecule has 0 spiro atoms. The number of carbonyl (C=O) groups excluding carboxylic acids is 1. The van der Waals surface area contributed by atoms with Crippen molar-refractivity contribution in [2.24, 2.45) is 0 Å². The Morgan fingerprint density at radius 2 is 1.12 bits per heavy atom. The number of esters is 1. The van der Waals surface area contributed by atoms with Gasteiger partial charge in [0.05, 0.1) is 5.57 Å². The van der Waals surface area contributed by atoms with Gasteiger partial charge >= 0.3 is 5.97 Å². The van der Waals surface area contributed by atoms with Gasteiger partial charge in [0.1, 0.15) is 0 Å². The zero-order chi connectivity index (χ0) is 16.4. The van der Waals surface area contributed by atoms with Crippen LogP contribution in [0.4, 0.5) is 0 Å². The van der Waals surface area contributed by atoms with E-state index < -0.39 is 0 Å². The van der Waals surface area contributed by atoms with Gasteiger partial charge in [-0.3, -0.25) is 0 Å². The van der Waals surface area contributed by atoms with Crippen LogP contribution < -0.4 is 0 Å². The SMILES string of the molecule is O=C1O[C@@H](c2ccccc2)C(c2ccccc2)=C1c1ccccc1. The first-order chi connectivity index (χ1) is 11.8. The molecule has 24 heavy (non-hydrogen) atoms. The monoisotopic (exact) mass is 312 g/mol. The quantitative estimate of drug-likeness (QED) is 0.643. The highest BCUT2D eigenvalue weighted by atomic mass is 16.5. The minimum Gasteiger partial charge on any atom is -0.449 e. The topological polar surface area (TPSA) is 26.3 Å². The molecule has 4 rings (SSSR count). The molecule has 0 aliphatic carbocycles. The van der Waals surface area contributed by atoms with E-state index in [9.17, 15) is 4.79 Å². The summed E-state index contributed by atoms with van der Waals surface area (Å²) in [5.41, 5.74) is 4.46. The van der Waals surface area contributed by atoms with Crippen LogP contribution in [0.2, 0.25) is 0 Å². The van der Waals surface area contributed by atoms with Gasteiger partial charge in [-0.2, -0.15) is 0 Å². The zero-order valence-corrected chi connectivity index (χ0v) is 13.1. The minimum atomic E-state index is -0.378. The second-order valence-electron chi connectivity index (χ2n) is 5.72. The Morgan fingerprint density at radius 1 is 0.625 bits per heavy atom. The number of cyclic esters (lactones) is 1. The first kappa shape index (κ1) is 14.5. The van der Waals surface area contributed by atoms with Crippen molar-refractivity contribution >= 4 is 17.1 Å². The molecule has 0 radical (unpaired) electrons. The molecule has 0 N–H and O–H groups in total. The van der Waals surface area contributed by atoms with Gasteiger partial charge in [0, 0.05) is 5.57 Å². The van der Waals surface area contributed by atoms with Gasteiger partial charge in [-0.05, 0) is 16.7 Å². The van der Waals surface area contributed by atoms with Gasteiger partial charge in [0.2, 0.25) is 0 Å². The zero-order valence-electron chi connectivity index (χ0n) is 13.1. The predicted octanol–water partition coefficient (Wildman–Crippen LogP) is 4.90. The molecule has 0 aromatic heterocycles. The Kier molecular flexibility index (Phi) is 3.72. The van der Waals surface area contributed by atoms with Crippen molar-refractivity contribution in [2.45, 2.75) is 6.10 Å². The van der Waals surface area contributed by atoms with Gasteiger partial charge in [-0.1, -0.05) is 91.0 Å². The molecular weight excluding hydrogens is 296 g/mol. The Labute approximate surface area is 141 Å². The second-order valence-corrected chi connectivity index (χ2v) is 5.72. The molecule has 3 aromatic rings.